The number of nitrogens with one attached hydrogen (secondary N) is 2. The summed E-state index contributed by atoms with van der Waals surface area (Å²) in [6.07, 6.45) is 1.60. The zero-order chi connectivity index (χ0) is 12.4. The summed E-state index contributed by atoms with van der Waals surface area (Å²) in [5, 5.41) is 5.89. The van der Waals surface area contributed by atoms with Gasteiger partial charge < -0.3 is 15.4 Å². The van der Waals surface area contributed by atoms with E-state index < -0.39 is 0 Å². The van der Waals surface area contributed by atoms with Gasteiger partial charge in [-0.05, 0) is 39.3 Å². The molecule has 0 aromatic heterocycles. The number of amides is 1. The number of hydrogen-bond donors (Lipinski definition) is 2. The Bertz CT molecular complexity index is 189. The highest BCUT2D eigenvalue weighted by atomic mass is 35.5. The van der Waals surface area contributed by atoms with Crippen molar-refractivity contribution in [1.29, 1.82) is 0 Å². The first-order valence-corrected chi connectivity index (χ1v) is 6.11. The lowest BCUT2D eigenvalue weighted by Crippen LogP contribution is -2.36. The fourth-order valence-corrected chi connectivity index (χ4v) is 1.18. The zero-order valence-electron chi connectivity index (χ0n) is 11.4. The van der Waals surface area contributed by atoms with Crippen LogP contribution in [0.3, 0.4) is 0 Å². The van der Waals surface area contributed by atoms with E-state index >= 15 is 0 Å². The minimum Gasteiger partial charge on any atom is -0.369 e. The van der Waals surface area contributed by atoms with Gasteiger partial charge in [-0.1, -0.05) is 13.8 Å². The Balaban J connectivity index is 0. The second-order valence-electron chi connectivity index (χ2n) is 4.44. The Morgan fingerprint density at radius 1 is 1.24 bits per heavy atom. The van der Waals surface area contributed by atoms with E-state index in [1.807, 2.05) is 7.05 Å². The van der Waals surface area contributed by atoms with Gasteiger partial charge in [0, 0.05) is 13.2 Å². The standard InChI is InChI=1S/C12H26N2O2.ClH/c1-10(2)6-9-16-11(3)12(15)14-8-5-7-13-4;/h10-11,13H,5-9H2,1-4H3,(H,14,15);1H. The minimum absolute atomic E-state index is 0. The summed E-state index contributed by atoms with van der Waals surface area (Å²) < 4.78 is 5.44. The predicted octanol–water partition coefficient (Wildman–Crippen LogP) is 1.59. The van der Waals surface area contributed by atoms with E-state index in [9.17, 15) is 4.79 Å². The molecule has 0 aliphatic heterocycles. The molecule has 2 N–H and O–H groups in total. The van der Waals surface area contributed by atoms with Crippen molar-refractivity contribution in [2.75, 3.05) is 26.7 Å². The fourth-order valence-electron chi connectivity index (χ4n) is 1.18. The van der Waals surface area contributed by atoms with E-state index in [2.05, 4.69) is 24.5 Å². The lowest BCUT2D eigenvalue weighted by Gasteiger charge is -2.14. The molecule has 0 saturated heterocycles. The van der Waals surface area contributed by atoms with Crippen LogP contribution in [0.2, 0.25) is 0 Å². The highest BCUT2D eigenvalue weighted by Gasteiger charge is 2.12. The largest absolute Gasteiger partial charge is 0.369 e. The highest BCUT2D eigenvalue weighted by molar-refractivity contribution is 5.85. The van der Waals surface area contributed by atoms with E-state index in [1.165, 1.54) is 0 Å². The third-order valence-corrected chi connectivity index (χ3v) is 2.34. The maximum Gasteiger partial charge on any atom is 0.248 e. The van der Waals surface area contributed by atoms with E-state index in [1.54, 1.807) is 6.92 Å². The SMILES string of the molecule is CNCCCNC(=O)C(C)OCCC(C)C.Cl. The molecule has 0 heterocycles. The molecule has 0 aliphatic carbocycles. The number of rotatable bonds is 9. The first-order valence-electron chi connectivity index (χ1n) is 6.11. The van der Waals surface area contributed by atoms with Crippen molar-refractivity contribution >= 4 is 18.3 Å². The van der Waals surface area contributed by atoms with Crippen molar-refractivity contribution in [3.05, 3.63) is 0 Å². The quantitative estimate of drug-likeness (QED) is 0.623. The van der Waals surface area contributed by atoms with E-state index in [-0.39, 0.29) is 24.4 Å². The van der Waals surface area contributed by atoms with Gasteiger partial charge >= 0.3 is 0 Å². The minimum atomic E-state index is -0.340. The van der Waals surface area contributed by atoms with Gasteiger partial charge in [-0.15, -0.1) is 12.4 Å². The van der Waals surface area contributed by atoms with E-state index in [4.69, 9.17) is 4.74 Å². The molecule has 0 spiro atoms. The summed E-state index contributed by atoms with van der Waals surface area (Å²) in [6.45, 7) is 8.37. The molecule has 0 aromatic rings. The van der Waals surface area contributed by atoms with Crippen molar-refractivity contribution in [1.82, 2.24) is 10.6 Å². The number of halogens is 1. The summed E-state index contributed by atoms with van der Waals surface area (Å²) in [5.74, 6) is 0.603. The summed E-state index contributed by atoms with van der Waals surface area (Å²) >= 11 is 0. The molecule has 1 unspecified atom stereocenters. The zero-order valence-corrected chi connectivity index (χ0v) is 12.2. The lowest BCUT2D eigenvalue weighted by atomic mass is 10.1. The van der Waals surface area contributed by atoms with Crippen LogP contribution in [0.1, 0.15) is 33.6 Å². The predicted molar refractivity (Wildman–Crippen MR) is 73.7 cm³/mol. The number of ether oxygens (including phenoxy) is 1. The number of carbonyl (C=O) groups is 1. The fraction of sp³-hybridized carbons (Fsp3) is 0.917. The molecule has 0 aliphatic rings. The maximum absolute atomic E-state index is 11.5. The number of hydrogen-bond acceptors (Lipinski definition) is 3. The maximum atomic E-state index is 11.5. The molecular formula is C12H27ClN2O2. The van der Waals surface area contributed by atoms with Crippen LogP contribution in [0, 0.1) is 5.92 Å². The second kappa shape index (κ2) is 12.1. The van der Waals surface area contributed by atoms with Crippen LogP contribution >= 0.6 is 12.4 Å². The highest BCUT2D eigenvalue weighted by Crippen LogP contribution is 2.01. The topological polar surface area (TPSA) is 50.4 Å². The first kappa shape index (κ1) is 19.0. The molecule has 0 fully saturated rings. The van der Waals surface area contributed by atoms with Gasteiger partial charge in [0.05, 0.1) is 0 Å². The van der Waals surface area contributed by atoms with Gasteiger partial charge in [-0.25, -0.2) is 0 Å². The Morgan fingerprint density at radius 2 is 1.88 bits per heavy atom. The molecule has 17 heavy (non-hydrogen) atoms. The Morgan fingerprint density at radius 3 is 2.41 bits per heavy atom. The molecule has 0 radical (unpaired) electrons. The molecule has 0 saturated carbocycles. The molecule has 104 valence electrons. The Kier molecular flexibility index (Phi) is 13.6. The Labute approximate surface area is 111 Å². The average molecular weight is 267 g/mol. The number of carbonyl (C=O) groups excluding carboxylic acids is 1. The van der Waals surface area contributed by atoms with Crippen molar-refractivity contribution in [2.45, 2.75) is 39.7 Å². The molecular weight excluding hydrogens is 240 g/mol. The summed E-state index contributed by atoms with van der Waals surface area (Å²) in [7, 11) is 1.90. The van der Waals surface area contributed by atoms with E-state index in [0.29, 0.717) is 19.1 Å². The summed E-state index contributed by atoms with van der Waals surface area (Å²) in [6, 6.07) is 0. The van der Waals surface area contributed by atoms with Crippen LogP contribution < -0.4 is 10.6 Å². The van der Waals surface area contributed by atoms with Crippen LogP contribution in [0.4, 0.5) is 0 Å². The van der Waals surface area contributed by atoms with Crippen LogP contribution in [-0.2, 0) is 9.53 Å². The molecule has 1 amide bonds. The van der Waals surface area contributed by atoms with Crippen LogP contribution in [0.15, 0.2) is 0 Å². The second-order valence-corrected chi connectivity index (χ2v) is 4.44. The smallest absolute Gasteiger partial charge is 0.248 e. The average Bonchev–Trinajstić information content (AvgIpc) is 2.23. The molecule has 0 rings (SSSR count). The van der Waals surface area contributed by atoms with Gasteiger partial charge in [0.1, 0.15) is 6.10 Å². The van der Waals surface area contributed by atoms with Gasteiger partial charge in [-0.3, -0.25) is 4.79 Å². The molecule has 0 bridgehead atoms. The molecule has 4 nitrogen and oxygen atoms in total. The van der Waals surface area contributed by atoms with Gasteiger partial charge in [0.25, 0.3) is 0 Å². The summed E-state index contributed by atoms with van der Waals surface area (Å²) in [4.78, 5) is 11.5. The van der Waals surface area contributed by atoms with Crippen molar-refractivity contribution in [3.63, 3.8) is 0 Å². The Hall–Kier alpha value is -0.320. The van der Waals surface area contributed by atoms with Crippen LogP contribution in [-0.4, -0.2) is 38.8 Å². The molecule has 0 aromatic carbocycles. The third kappa shape index (κ3) is 11.9. The van der Waals surface area contributed by atoms with E-state index in [0.717, 1.165) is 19.4 Å². The monoisotopic (exact) mass is 266 g/mol. The summed E-state index contributed by atoms with van der Waals surface area (Å²) in [5.41, 5.74) is 0. The van der Waals surface area contributed by atoms with Crippen molar-refractivity contribution in [3.8, 4) is 0 Å². The van der Waals surface area contributed by atoms with Crippen molar-refractivity contribution < 1.29 is 9.53 Å². The van der Waals surface area contributed by atoms with Gasteiger partial charge in [0.15, 0.2) is 0 Å². The van der Waals surface area contributed by atoms with Crippen LogP contribution in [0.5, 0.6) is 0 Å². The molecule has 1 atom stereocenters. The van der Waals surface area contributed by atoms with Crippen molar-refractivity contribution in [2.24, 2.45) is 5.92 Å². The van der Waals surface area contributed by atoms with Gasteiger partial charge in [0.2, 0.25) is 5.91 Å². The lowest BCUT2D eigenvalue weighted by molar-refractivity contribution is -0.131. The third-order valence-electron chi connectivity index (χ3n) is 2.34. The first-order chi connectivity index (χ1) is 7.57. The normalized spacial score (nSPS) is 12.1. The van der Waals surface area contributed by atoms with Gasteiger partial charge in [-0.2, -0.15) is 0 Å². The molecule has 5 heteroatoms. The van der Waals surface area contributed by atoms with Crippen LogP contribution in [0.25, 0.3) is 0 Å².